The molecule has 0 saturated carbocycles. The second-order valence-electron chi connectivity index (χ2n) is 2.67. The Morgan fingerprint density at radius 3 is 2.77 bits per heavy atom. The lowest BCUT2D eigenvalue weighted by atomic mass is 9.80. The van der Waals surface area contributed by atoms with Gasteiger partial charge in [0.2, 0.25) is 0 Å². The number of hydrogen-bond acceptors (Lipinski definition) is 4. The zero-order valence-electron chi connectivity index (χ0n) is 7.69. The van der Waals surface area contributed by atoms with Crippen LogP contribution in [0.25, 0.3) is 0 Å². The minimum absolute atomic E-state index is 0.356. The summed E-state index contributed by atoms with van der Waals surface area (Å²) in [5.41, 5.74) is 1.08. The summed E-state index contributed by atoms with van der Waals surface area (Å²) in [6, 6.07) is 1.59. The summed E-state index contributed by atoms with van der Waals surface area (Å²) >= 11 is 0. The SMILES string of the molecule is CCOc1cnc(C)cc1B(O)O. The Morgan fingerprint density at radius 2 is 2.23 bits per heavy atom. The maximum Gasteiger partial charge on any atom is 0.492 e. The summed E-state index contributed by atoms with van der Waals surface area (Å²) in [6.07, 6.45) is 1.49. The van der Waals surface area contributed by atoms with Gasteiger partial charge in [0, 0.05) is 11.2 Å². The van der Waals surface area contributed by atoms with Gasteiger partial charge < -0.3 is 14.8 Å². The van der Waals surface area contributed by atoms with Crippen LogP contribution in [-0.4, -0.2) is 28.8 Å². The van der Waals surface area contributed by atoms with Crippen molar-refractivity contribution in [2.75, 3.05) is 6.61 Å². The van der Waals surface area contributed by atoms with E-state index in [1.807, 2.05) is 6.92 Å². The van der Waals surface area contributed by atoms with Crippen LogP contribution in [0.4, 0.5) is 0 Å². The van der Waals surface area contributed by atoms with Gasteiger partial charge in [-0.1, -0.05) is 0 Å². The smallest absolute Gasteiger partial charge is 0.492 e. The lowest BCUT2D eigenvalue weighted by Crippen LogP contribution is -2.32. The summed E-state index contributed by atoms with van der Waals surface area (Å²) < 4.78 is 5.17. The van der Waals surface area contributed by atoms with Gasteiger partial charge in [-0.3, -0.25) is 4.98 Å². The van der Waals surface area contributed by atoms with Crippen LogP contribution in [0.3, 0.4) is 0 Å². The van der Waals surface area contributed by atoms with E-state index in [1.54, 1.807) is 13.0 Å². The van der Waals surface area contributed by atoms with Gasteiger partial charge in [0.15, 0.2) is 0 Å². The van der Waals surface area contributed by atoms with Crippen LogP contribution in [0.15, 0.2) is 12.3 Å². The van der Waals surface area contributed by atoms with Crippen molar-refractivity contribution in [2.45, 2.75) is 13.8 Å². The maximum absolute atomic E-state index is 9.00. The number of ether oxygens (including phenoxy) is 1. The second-order valence-corrected chi connectivity index (χ2v) is 2.67. The fourth-order valence-electron chi connectivity index (χ4n) is 1.05. The van der Waals surface area contributed by atoms with Crippen LogP contribution >= 0.6 is 0 Å². The Kier molecular flexibility index (Phi) is 3.28. The normalized spacial score (nSPS) is 9.85. The molecule has 0 saturated heterocycles. The molecule has 2 N–H and O–H groups in total. The van der Waals surface area contributed by atoms with Crippen LogP contribution in [0, 0.1) is 6.92 Å². The Balaban J connectivity index is 3.03. The van der Waals surface area contributed by atoms with E-state index in [4.69, 9.17) is 14.8 Å². The first-order chi connectivity index (χ1) is 6.15. The van der Waals surface area contributed by atoms with Gasteiger partial charge in [-0.25, -0.2) is 0 Å². The van der Waals surface area contributed by atoms with Crippen LogP contribution in [0.2, 0.25) is 0 Å². The van der Waals surface area contributed by atoms with Crippen molar-refractivity contribution in [2.24, 2.45) is 0 Å². The fraction of sp³-hybridized carbons (Fsp3) is 0.375. The molecular weight excluding hydrogens is 169 g/mol. The van der Waals surface area contributed by atoms with Gasteiger partial charge in [-0.05, 0) is 19.9 Å². The molecule has 1 aromatic rings. The number of aryl methyl sites for hydroxylation is 1. The molecule has 1 heterocycles. The quantitative estimate of drug-likeness (QED) is 0.615. The summed E-state index contributed by atoms with van der Waals surface area (Å²) in [7, 11) is -1.51. The Labute approximate surface area is 77.3 Å². The van der Waals surface area contributed by atoms with E-state index >= 15 is 0 Å². The first-order valence-corrected chi connectivity index (χ1v) is 4.10. The first-order valence-electron chi connectivity index (χ1n) is 4.10. The van der Waals surface area contributed by atoms with Crippen LogP contribution in [-0.2, 0) is 0 Å². The van der Waals surface area contributed by atoms with E-state index in [1.165, 1.54) is 6.20 Å². The fourth-order valence-corrected chi connectivity index (χ4v) is 1.05. The molecule has 13 heavy (non-hydrogen) atoms. The summed E-state index contributed by atoms with van der Waals surface area (Å²) in [5, 5.41) is 18.0. The molecule has 1 rings (SSSR count). The summed E-state index contributed by atoms with van der Waals surface area (Å²) in [5.74, 6) is 0.420. The van der Waals surface area contributed by atoms with E-state index < -0.39 is 7.12 Å². The number of rotatable bonds is 3. The molecule has 0 aliphatic rings. The molecule has 5 heteroatoms. The van der Waals surface area contributed by atoms with Crippen molar-refractivity contribution < 1.29 is 14.8 Å². The highest BCUT2D eigenvalue weighted by atomic mass is 16.5. The predicted molar refractivity (Wildman–Crippen MR) is 50.0 cm³/mol. The molecule has 4 nitrogen and oxygen atoms in total. The third kappa shape index (κ3) is 2.43. The lowest BCUT2D eigenvalue weighted by Gasteiger charge is -2.09. The van der Waals surface area contributed by atoms with Crippen molar-refractivity contribution in [3.8, 4) is 5.75 Å². The molecule has 0 unspecified atom stereocenters. The molecule has 0 atom stereocenters. The molecule has 0 bridgehead atoms. The van der Waals surface area contributed by atoms with Gasteiger partial charge in [-0.15, -0.1) is 0 Å². The Hall–Kier alpha value is -1.07. The predicted octanol–water partition coefficient (Wildman–Crippen LogP) is -0.531. The van der Waals surface area contributed by atoms with E-state index in [-0.39, 0.29) is 0 Å². The zero-order valence-corrected chi connectivity index (χ0v) is 7.69. The van der Waals surface area contributed by atoms with Crippen molar-refractivity contribution >= 4 is 12.6 Å². The van der Waals surface area contributed by atoms with Crippen molar-refractivity contribution in [3.63, 3.8) is 0 Å². The second kappa shape index (κ2) is 4.25. The third-order valence-corrected chi connectivity index (χ3v) is 1.61. The van der Waals surface area contributed by atoms with Gasteiger partial charge >= 0.3 is 7.12 Å². The number of nitrogens with zero attached hydrogens (tertiary/aromatic N) is 1. The number of aromatic nitrogens is 1. The topological polar surface area (TPSA) is 62.6 Å². The molecule has 0 aliphatic carbocycles. The largest absolute Gasteiger partial charge is 0.493 e. The van der Waals surface area contributed by atoms with Gasteiger partial charge in [-0.2, -0.15) is 0 Å². The Bertz CT molecular complexity index is 291. The van der Waals surface area contributed by atoms with Crippen molar-refractivity contribution in [1.82, 2.24) is 4.98 Å². The highest BCUT2D eigenvalue weighted by Gasteiger charge is 2.17. The van der Waals surface area contributed by atoms with Gasteiger partial charge in [0.1, 0.15) is 5.75 Å². The summed E-state index contributed by atoms with van der Waals surface area (Å²) in [4.78, 5) is 3.99. The number of pyridine rings is 1. The standard InChI is InChI=1S/C8H12BNO3/c1-3-13-8-5-10-6(2)4-7(8)9(11)12/h4-5,11-12H,3H2,1-2H3. The lowest BCUT2D eigenvalue weighted by molar-refractivity contribution is 0.338. The van der Waals surface area contributed by atoms with E-state index in [0.717, 1.165) is 5.69 Å². The molecule has 0 fully saturated rings. The van der Waals surface area contributed by atoms with Gasteiger partial charge in [0.05, 0.1) is 12.8 Å². The van der Waals surface area contributed by atoms with Gasteiger partial charge in [0.25, 0.3) is 0 Å². The van der Waals surface area contributed by atoms with Crippen LogP contribution in [0.1, 0.15) is 12.6 Å². The van der Waals surface area contributed by atoms with Crippen LogP contribution in [0.5, 0.6) is 5.75 Å². The monoisotopic (exact) mass is 181 g/mol. The van der Waals surface area contributed by atoms with E-state index in [9.17, 15) is 0 Å². The molecule has 70 valence electrons. The number of hydrogen-bond donors (Lipinski definition) is 2. The molecular formula is C8H12BNO3. The first kappa shape index (κ1) is 10.0. The molecule has 0 aliphatic heterocycles. The third-order valence-electron chi connectivity index (χ3n) is 1.61. The minimum atomic E-state index is -1.51. The molecule has 0 aromatic carbocycles. The summed E-state index contributed by atoms with van der Waals surface area (Å²) in [6.45, 7) is 4.08. The van der Waals surface area contributed by atoms with Crippen molar-refractivity contribution in [3.05, 3.63) is 18.0 Å². The van der Waals surface area contributed by atoms with E-state index in [0.29, 0.717) is 17.8 Å². The average Bonchev–Trinajstić information content (AvgIpc) is 2.08. The molecule has 1 aromatic heterocycles. The Morgan fingerprint density at radius 1 is 1.54 bits per heavy atom. The highest BCUT2D eigenvalue weighted by Crippen LogP contribution is 2.06. The molecule has 0 radical (unpaired) electrons. The van der Waals surface area contributed by atoms with E-state index in [2.05, 4.69) is 4.98 Å². The molecule has 0 amide bonds. The average molecular weight is 181 g/mol. The van der Waals surface area contributed by atoms with Crippen molar-refractivity contribution in [1.29, 1.82) is 0 Å². The minimum Gasteiger partial charge on any atom is -0.493 e. The molecule has 0 spiro atoms. The van der Waals surface area contributed by atoms with Crippen LogP contribution < -0.4 is 10.2 Å². The zero-order chi connectivity index (χ0) is 9.84. The maximum atomic E-state index is 9.00. The highest BCUT2D eigenvalue weighted by molar-refractivity contribution is 6.59.